The highest BCUT2D eigenvalue weighted by Crippen LogP contribution is 2.19. The standard InChI is InChI=1S/C24H23NOS/c26-24(25-22(18-27)16-19-10-4-1-5-11-19)23(21-14-8-3-9-15-21)17-20-12-6-2-7-13-20/h1-15,17,22,27H,16,18H2,(H,25,26)/b23-17+/t22-/m1/s1. The zero-order valence-electron chi connectivity index (χ0n) is 15.1. The van der Waals surface area contributed by atoms with Crippen LogP contribution < -0.4 is 5.32 Å². The van der Waals surface area contributed by atoms with Crippen molar-refractivity contribution in [1.29, 1.82) is 0 Å². The van der Waals surface area contributed by atoms with Gasteiger partial charge >= 0.3 is 0 Å². The van der Waals surface area contributed by atoms with Gasteiger partial charge < -0.3 is 5.32 Å². The van der Waals surface area contributed by atoms with Crippen LogP contribution in [0.15, 0.2) is 91.0 Å². The van der Waals surface area contributed by atoms with E-state index in [-0.39, 0.29) is 11.9 Å². The van der Waals surface area contributed by atoms with Crippen LogP contribution in [0.25, 0.3) is 11.6 Å². The number of nitrogens with one attached hydrogen (secondary N) is 1. The Morgan fingerprint density at radius 1 is 0.852 bits per heavy atom. The smallest absolute Gasteiger partial charge is 0.252 e. The monoisotopic (exact) mass is 373 g/mol. The van der Waals surface area contributed by atoms with Gasteiger partial charge in [0.15, 0.2) is 0 Å². The van der Waals surface area contributed by atoms with Crippen molar-refractivity contribution < 1.29 is 4.79 Å². The molecule has 2 nitrogen and oxygen atoms in total. The van der Waals surface area contributed by atoms with E-state index in [0.717, 1.165) is 17.5 Å². The number of thiol groups is 1. The lowest BCUT2D eigenvalue weighted by Crippen LogP contribution is -2.38. The molecule has 0 aliphatic carbocycles. The molecule has 0 heterocycles. The predicted molar refractivity (Wildman–Crippen MR) is 117 cm³/mol. The van der Waals surface area contributed by atoms with Crippen molar-refractivity contribution in [2.75, 3.05) is 5.75 Å². The van der Waals surface area contributed by atoms with Crippen LogP contribution in [0.3, 0.4) is 0 Å². The molecule has 0 fully saturated rings. The first-order valence-corrected chi connectivity index (χ1v) is 9.67. The number of rotatable bonds is 7. The van der Waals surface area contributed by atoms with Crippen molar-refractivity contribution in [1.82, 2.24) is 5.32 Å². The second-order valence-corrected chi connectivity index (χ2v) is 6.74. The second kappa shape index (κ2) is 9.79. The lowest BCUT2D eigenvalue weighted by atomic mass is 10.0. The number of benzene rings is 3. The quantitative estimate of drug-likeness (QED) is 0.345. The molecular weight excluding hydrogens is 350 g/mol. The largest absolute Gasteiger partial charge is 0.348 e. The van der Waals surface area contributed by atoms with Crippen LogP contribution in [0.2, 0.25) is 0 Å². The van der Waals surface area contributed by atoms with Crippen molar-refractivity contribution in [3.8, 4) is 0 Å². The zero-order valence-corrected chi connectivity index (χ0v) is 16.0. The van der Waals surface area contributed by atoms with E-state index >= 15 is 0 Å². The van der Waals surface area contributed by atoms with Crippen LogP contribution in [0, 0.1) is 0 Å². The van der Waals surface area contributed by atoms with E-state index in [2.05, 4.69) is 30.1 Å². The fourth-order valence-electron chi connectivity index (χ4n) is 2.94. The summed E-state index contributed by atoms with van der Waals surface area (Å²) in [6, 6.07) is 29.8. The summed E-state index contributed by atoms with van der Waals surface area (Å²) < 4.78 is 0. The Morgan fingerprint density at radius 3 is 2.00 bits per heavy atom. The number of carbonyl (C=O) groups is 1. The molecule has 1 amide bonds. The molecule has 3 aromatic carbocycles. The summed E-state index contributed by atoms with van der Waals surface area (Å²) in [6.45, 7) is 0. The van der Waals surface area contributed by atoms with Crippen molar-refractivity contribution >= 4 is 30.2 Å². The first kappa shape index (κ1) is 19.0. The van der Waals surface area contributed by atoms with Crippen LogP contribution in [0.1, 0.15) is 16.7 Å². The fourth-order valence-corrected chi connectivity index (χ4v) is 3.16. The zero-order chi connectivity index (χ0) is 18.9. The summed E-state index contributed by atoms with van der Waals surface area (Å²) in [4.78, 5) is 13.1. The highest BCUT2D eigenvalue weighted by molar-refractivity contribution is 7.80. The van der Waals surface area contributed by atoms with Crippen molar-refractivity contribution in [3.05, 3.63) is 108 Å². The third-order valence-corrected chi connectivity index (χ3v) is 4.76. The molecule has 136 valence electrons. The Balaban J connectivity index is 1.83. The van der Waals surface area contributed by atoms with Crippen LogP contribution >= 0.6 is 12.6 Å². The highest BCUT2D eigenvalue weighted by Gasteiger charge is 2.17. The average molecular weight is 374 g/mol. The van der Waals surface area contributed by atoms with Gasteiger partial charge in [0, 0.05) is 17.4 Å². The maximum absolute atomic E-state index is 13.1. The molecule has 3 rings (SSSR count). The Kier molecular flexibility index (Phi) is 6.89. The van der Waals surface area contributed by atoms with E-state index in [9.17, 15) is 4.79 Å². The molecule has 1 atom stereocenters. The average Bonchev–Trinajstić information content (AvgIpc) is 2.73. The van der Waals surface area contributed by atoms with Crippen LogP contribution in [0.5, 0.6) is 0 Å². The minimum Gasteiger partial charge on any atom is -0.348 e. The van der Waals surface area contributed by atoms with Gasteiger partial charge in [-0.2, -0.15) is 12.6 Å². The highest BCUT2D eigenvalue weighted by atomic mass is 32.1. The third kappa shape index (κ3) is 5.60. The molecule has 0 bridgehead atoms. The number of hydrogen-bond acceptors (Lipinski definition) is 2. The Bertz CT molecular complexity index is 876. The van der Waals surface area contributed by atoms with Gasteiger partial charge in [0.25, 0.3) is 5.91 Å². The number of hydrogen-bond donors (Lipinski definition) is 2. The summed E-state index contributed by atoms with van der Waals surface area (Å²) in [7, 11) is 0. The van der Waals surface area contributed by atoms with E-state index in [4.69, 9.17) is 0 Å². The van der Waals surface area contributed by atoms with Crippen molar-refractivity contribution in [2.24, 2.45) is 0 Å². The lowest BCUT2D eigenvalue weighted by Gasteiger charge is -2.18. The van der Waals surface area contributed by atoms with Crippen LogP contribution in [-0.2, 0) is 11.2 Å². The van der Waals surface area contributed by atoms with Gasteiger partial charge in [0.05, 0.1) is 0 Å². The van der Waals surface area contributed by atoms with Gasteiger partial charge in [-0.15, -0.1) is 0 Å². The Morgan fingerprint density at radius 2 is 1.41 bits per heavy atom. The van der Waals surface area contributed by atoms with E-state index < -0.39 is 0 Å². The van der Waals surface area contributed by atoms with Gasteiger partial charge in [-0.3, -0.25) is 4.79 Å². The Hall–Kier alpha value is -2.78. The summed E-state index contributed by atoms with van der Waals surface area (Å²) >= 11 is 4.44. The summed E-state index contributed by atoms with van der Waals surface area (Å²) in [6.07, 6.45) is 2.69. The summed E-state index contributed by atoms with van der Waals surface area (Å²) in [5, 5.41) is 3.15. The molecule has 27 heavy (non-hydrogen) atoms. The molecule has 3 aromatic rings. The maximum Gasteiger partial charge on any atom is 0.252 e. The first-order chi connectivity index (χ1) is 13.3. The van der Waals surface area contributed by atoms with Crippen LogP contribution in [-0.4, -0.2) is 17.7 Å². The Labute approximate surface area is 166 Å². The van der Waals surface area contributed by atoms with E-state index in [1.165, 1.54) is 5.56 Å². The molecule has 3 heteroatoms. The summed E-state index contributed by atoms with van der Waals surface area (Å²) in [5.41, 5.74) is 3.74. The molecule has 0 saturated carbocycles. The van der Waals surface area contributed by atoms with Gasteiger partial charge in [-0.25, -0.2) is 0 Å². The van der Waals surface area contributed by atoms with Gasteiger partial charge in [0.1, 0.15) is 0 Å². The second-order valence-electron chi connectivity index (χ2n) is 6.38. The molecule has 0 spiro atoms. The predicted octanol–water partition coefficient (Wildman–Crippen LogP) is 4.88. The summed E-state index contributed by atoms with van der Waals surface area (Å²) in [5.74, 6) is 0.494. The minimum absolute atomic E-state index is 0.0360. The molecular formula is C24H23NOS. The number of carbonyl (C=O) groups excluding carboxylic acids is 1. The molecule has 0 aromatic heterocycles. The van der Waals surface area contributed by atoms with Gasteiger partial charge in [0.2, 0.25) is 0 Å². The third-order valence-electron chi connectivity index (χ3n) is 4.32. The van der Waals surface area contributed by atoms with Crippen molar-refractivity contribution in [3.63, 3.8) is 0 Å². The molecule has 0 unspecified atom stereocenters. The van der Waals surface area contributed by atoms with Crippen LogP contribution in [0.4, 0.5) is 0 Å². The topological polar surface area (TPSA) is 29.1 Å². The van der Waals surface area contributed by atoms with Gasteiger partial charge in [-0.1, -0.05) is 91.0 Å². The van der Waals surface area contributed by atoms with Gasteiger partial charge in [-0.05, 0) is 29.2 Å². The van der Waals surface area contributed by atoms with Crippen molar-refractivity contribution in [2.45, 2.75) is 12.5 Å². The fraction of sp³-hybridized carbons (Fsp3) is 0.125. The molecule has 0 radical (unpaired) electrons. The minimum atomic E-state index is -0.0833. The van der Waals surface area contributed by atoms with E-state index in [0.29, 0.717) is 11.3 Å². The van der Waals surface area contributed by atoms with E-state index in [1.807, 2.05) is 84.9 Å². The normalized spacial score (nSPS) is 12.4. The maximum atomic E-state index is 13.1. The molecule has 0 saturated heterocycles. The molecule has 1 N–H and O–H groups in total. The SMILES string of the molecule is O=C(N[C@@H](CS)Cc1ccccc1)/C(=C/c1ccccc1)c1ccccc1. The molecule has 0 aliphatic heterocycles. The lowest BCUT2D eigenvalue weighted by molar-refractivity contribution is -0.116. The molecule has 0 aliphatic rings. The first-order valence-electron chi connectivity index (χ1n) is 9.04. The van der Waals surface area contributed by atoms with E-state index in [1.54, 1.807) is 0 Å². The number of amides is 1.